The molecule has 0 saturated carbocycles. The molecule has 0 radical (unpaired) electrons. The number of amides is 1. The number of thioether (sulfide) groups is 1. The lowest BCUT2D eigenvalue weighted by Crippen LogP contribution is -2.19. The molecular formula is C11H10ClNO3S. The van der Waals surface area contributed by atoms with Gasteiger partial charge in [0.15, 0.2) is 0 Å². The Kier molecular flexibility index (Phi) is 3.59. The molecule has 1 aliphatic rings. The van der Waals surface area contributed by atoms with Gasteiger partial charge in [-0.05, 0) is 23.8 Å². The molecule has 90 valence electrons. The fourth-order valence-corrected chi connectivity index (χ4v) is 2.76. The van der Waals surface area contributed by atoms with Crippen molar-refractivity contribution in [2.24, 2.45) is 0 Å². The predicted octanol–water partition coefficient (Wildman–Crippen LogP) is 1.99. The van der Waals surface area contributed by atoms with Crippen LogP contribution in [0.15, 0.2) is 18.2 Å². The number of esters is 1. The molecule has 1 fully saturated rings. The van der Waals surface area contributed by atoms with Crippen molar-refractivity contribution in [3.05, 3.63) is 34.3 Å². The standard InChI is InChI=1S/C11H10ClNO3S/c1-16-11(15)7-2-6(3-8(12)4-7)10-13-9(14)5-17-10/h2-4,10H,5H2,1H3,(H,13,14). The highest BCUT2D eigenvalue weighted by atomic mass is 35.5. The van der Waals surface area contributed by atoms with Gasteiger partial charge in [-0.3, -0.25) is 4.79 Å². The number of ether oxygens (including phenoxy) is 1. The summed E-state index contributed by atoms with van der Waals surface area (Å²) in [6.07, 6.45) is 0. The molecule has 1 aromatic rings. The van der Waals surface area contributed by atoms with E-state index < -0.39 is 5.97 Å². The second kappa shape index (κ2) is 4.98. The first-order chi connectivity index (χ1) is 8.10. The number of halogens is 1. The number of hydrogen-bond donors (Lipinski definition) is 1. The van der Waals surface area contributed by atoms with E-state index in [0.717, 1.165) is 5.56 Å². The van der Waals surface area contributed by atoms with Crippen LogP contribution >= 0.6 is 23.4 Å². The Labute approximate surface area is 108 Å². The molecule has 1 unspecified atom stereocenters. The van der Waals surface area contributed by atoms with E-state index in [0.29, 0.717) is 16.3 Å². The number of carbonyl (C=O) groups excluding carboxylic acids is 2. The lowest BCUT2D eigenvalue weighted by atomic mass is 10.1. The van der Waals surface area contributed by atoms with E-state index in [-0.39, 0.29) is 11.3 Å². The van der Waals surface area contributed by atoms with Crippen molar-refractivity contribution in [1.29, 1.82) is 0 Å². The Balaban J connectivity index is 2.31. The molecule has 1 atom stereocenters. The van der Waals surface area contributed by atoms with Gasteiger partial charge in [-0.1, -0.05) is 11.6 Å². The van der Waals surface area contributed by atoms with Crippen LogP contribution in [0.2, 0.25) is 5.02 Å². The van der Waals surface area contributed by atoms with Crippen LogP contribution in [0.4, 0.5) is 0 Å². The molecule has 1 aliphatic heterocycles. The molecule has 1 saturated heterocycles. The minimum Gasteiger partial charge on any atom is -0.465 e. The zero-order valence-electron chi connectivity index (χ0n) is 9.03. The predicted molar refractivity (Wildman–Crippen MR) is 66.1 cm³/mol. The molecule has 0 aliphatic carbocycles. The zero-order chi connectivity index (χ0) is 12.4. The second-order valence-electron chi connectivity index (χ2n) is 3.52. The molecule has 6 heteroatoms. The minimum atomic E-state index is -0.442. The summed E-state index contributed by atoms with van der Waals surface area (Å²) in [7, 11) is 1.31. The maximum Gasteiger partial charge on any atom is 0.337 e. The fraction of sp³-hybridized carbons (Fsp3) is 0.273. The SMILES string of the molecule is COC(=O)c1cc(Cl)cc(C2NC(=O)CS2)c1. The van der Waals surface area contributed by atoms with Gasteiger partial charge in [0.05, 0.1) is 18.4 Å². The number of methoxy groups -OCH3 is 1. The molecular weight excluding hydrogens is 262 g/mol. The number of nitrogens with one attached hydrogen (secondary N) is 1. The third-order valence-corrected chi connectivity index (χ3v) is 3.69. The molecule has 1 heterocycles. The zero-order valence-corrected chi connectivity index (χ0v) is 10.6. The van der Waals surface area contributed by atoms with Crippen molar-refractivity contribution in [3.63, 3.8) is 0 Å². The fourth-order valence-electron chi connectivity index (χ4n) is 1.57. The number of hydrogen-bond acceptors (Lipinski definition) is 4. The number of rotatable bonds is 2. The van der Waals surface area contributed by atoms with Gasteiger partial charge in [-0.2, -0.15) is 0 Å². The topological polar surface area (TPSA) is 55.4 Å². The van der Waals surface area contributed by atoms with Gasteiger partial charge in [0, 0.05) is 5.02 Å². The van der Waals surface area contributed by atoms with Crippen LogP contribution in [0.3, 0.4) is 0 Å². The molecule has 1 N–H and O–H groups in total. The van der Waals surface area contributed by atoms with Gasteiger partial charge < -0.3 is 10.1 Å². The molecule has 0 bridgehead atoms. The van der Waals surface area contributed by atoms with Gasteiger partial charge in [0.1, 0.15) is 5.37 Å². The van der Waals surface area contributed by atoms with Gasteiger partial charge in [0.25, 0.3) is 0 Å². The lowest BCUT2D eigenvalue weighted by Gasteiger charge is -2.11. The van der Waals surface area contributed by atoms with Crippen molar-refractivity contribution >= 4 is 35.2 Å². The van der Waals surface area contributed by atoms with Crippen molar-refractivity contribution < 1.29 is 14.3 Å². The first kappa shape index (κ1) is 12.3. The van der Waals surface area contributed by atoms with E-state index in [4.69, 9.17) is 11.6 Å². The number of benzene rings is 1. The summed E-state index contributed by atoms with van der Waals surface area (Å²) in [6, 6.07) is 4.95. The van der Waals surface area contributed by atoms with Crippen LogP contribution < -0.4 is 5.32 Å². The summed E-state index contributed by atoms with van der Waals surface area (Å²) in [5.74, 6) is -0.0345. The molecule has 1 amide bonds. The highest BCUT2D eigenvalue weighted by Gasteiger charge is 2.24. The molecule has 0 spiro atoms. The Morgan fingerprint density at radius 3 is 2.88 bits per heavy atom. The van der Waals surface area contributed by atoms with E-state index in [1.54, 1.807) is 18.2 Å². The van der Waals surface area contributed by atoms with Crippen molar-refractivity contribution in [1.82, 2.24) is 5.32 Å². The Bertz CT molecular complexity index is 478. The summed E-state index contributed by atoms with van der Waals surface area (Å²) in [6.45, 7) is 0. The quantitative estimate of drug-likeness (QED) is 0.836. The first-order valence-corrected chi connectivity index (χ1v) is 6.32. The molecule has 2 rings (SSSR count). The molecule has 0 aromatic heterocycles. The van der Waals surface area contributed by atoms with Crippen LogP contribution in [0.5, 0.6) is 0 Å². The Hall–Kier alpha value is -1.20. The summed E-state index contributed by atoms with van der Waals surface area (Å²) in [5.41, 5.74) is 1.19. The normalized spacial score (nSPS) is 18.9. The molecule has 17 heavy (non-hydrogen) atoms. The van der Waals surface area contributed by atoms with Crippen LogP contribution in [0, 0.1) is 0 Å². The van der Waals surface area contributed by atoms with E-state index >= 15 is 0 Å². The molecule has 1 aromatic carbocycles. The Morgan fingerprint density at radius 1 is 1.53 bits per heavy atom. The largest absolute Gasteiger partial charge is 0.465 e. The van der Waals surface area contributed by atoms with Crippen LogP contribution in [0.1, 0.15) is 21.3 Å². The van der Waals surface area contributed by atoms with E-state index in [2.05, 4.69) is 10.1 Å². The van der Waals surface area contributed by atoms with Gasteiger partial charge >= 0.3 is 5.97 Å². The monoisotopic (exact) mass is 271 g/mol. The van der Waals surface area contributed by atoms with E-state index in [1.807, 2.05) is 0 Å². The number of carbonyl (C=O) groups is 2. The summed E-state index contributed by atoms with van der Waals surface area (Å²) < 4.78 is 4.64. The van der Waals surface area contributed by atoms with Crippen molar-refractivity contribution in [3.8, 4) is 0 Å². The highest BCUT2D eigenvalue weighted by molar-refractivity contribution is 8.00. The average Bonchev–Trinajstić information content (AvgIpc) is 2.74. The van der Waals surface area contributed by atoms with E-state index in [1.165, 1.54) is 18.9 Å². The van der Waals surface area contributed by atoms with Crippen LogP contribution in [-0.2, 0) is 9.53 Å². The highest BCUT2D eigenvalue weighted by Crippen LogP contribution is 2.32. The maximum absolute atomic E-state index is 11.4. The average molecular weight is 272 g/mol. The van der Waals surface area contributed by atoms with Crippen LogP contribution in [-0.4, -0.2) is 24.7 Å². The smallest absolute Gasteiger partial charge is 0.337 e. The second-order valence-corrected chi connectivity index (χ2v) is 5.05. The third-order valence-electron chi connectivity index (χ3n) is 2.32. The lowest BCUT2D eigenvalue weighted by molar-refractivity contribution is -0.118. The maximum atomic E-state index is 11.4. The third kappa shape index (κ3) is 2.73. The van der Waals surface area contributed by atoms with Crippen molar-refractivity contribution in [2.75, 3.05) is 12.9 Å². The molecule has 4 nitrogen and oxygen atoms in total. The summed E-state index contributed by atoms with van der Waals surface area (Å²) >= 11 is 7.41. The summed E-state index contributed by atoms with van der Waals surface area (Å²) in [5, 5.41) is 3.10. The Morgan fingerprint density at radius 2 is 2.29 bits per heavy atom. The summed E-state index contributed by atoms with van der Waals surface area (Å²) in [4.78, 5) is 22.6. The van der Waals surface area contributed by atoms with Gasteiger partial charge in [-0.15, -0.1) is 11.8 Å². The first-order valence-electron chi connectivity index (χ1n) is 4.90. The van der Waals surface area contributed by atoms with Gasteiger partial charge in [0.2, 0.25) is 5.91 Å². The van der Waals surface area contributed by atoms with Crippen molar-refractivity contribution in [2.45, 2.75) is 5.37 Å². The van der Waals surface area contributed by atoms with Gasteiger partial charge in [-0.25, -0.2) is 4.79 Å². The van der Waals surface area contributed by atoms with Crippen LogP contribution in [0.25, 0.3) is 0 Å². The van der Waals surface area contributed by atoms with E-state index in [9.17, 15) is 9.59 Å². The minimum absolute atomic E-state index is 0.0143.